The first-order valence-electron chi connectivity index (χ1n) is 10.2. The lowest BCUT2D eigenvalue weighted by Crippen LogP contribution is -2.44. The Hall–Kier alpha value is -3.09. The van der Waals surface area contributed by atoms with E-state index >= 15 is 0 Å². The Morgan fingerprint density at radius 3 is 2.67 bits per heavy atom. The number of amides is 2. The summed E-state index contributed by atoms with van der Waals surface area (Å²) in [6.45, 7) is 2.00. The van der Waals surface area contributed by atoms with E-state index in [-0.39, 0.29) is 22.3 Å². The van der Waals surface area contributed by atoms with Gasteiger partial charge in [0.05, 0.1) is 29.5 Å². The molecule has 3 rings (SSSR count). The van der Waals surface area contributed by atoms with Crippen molar-refractivity contribution in [1.82, 2.24) is 5.32 Å². The number of para-hydroxylation sites is 1. The van der Waals surface area contributed by atoms with Gasteiger partial charge in [0.15, 0.2) is 0 Å². The van der Waals surface area contributed by atoms with Gasteiger partial charge in [0.1, 0.15) is 5.92 Å². The van der Waals surface area contributed by atoms with Crippen LogP contribution in [0.3, 0.4) is 0 Å². The predicted octanol–water partition coefficient (Wildman–Crippen LogP) is 4.12. The molecule has 1 aliphatic heterocycles. The molecule has 0 aromatic heterocycles. The van der Waals surface area contributed by atoms with Crippen LogP contribution in [-0.4, -0.2) is 30.6 Å². The minimum atomic E-state index is -1.21. The molecule has 170 valence electrons. The van der Waals surface area contributed by atoms with Crippen LogP contribution >= 0.6 is 27.7 Å². The number of carbonyl (C=O) groups is 3. The predicted molar refractivity (Wildman–Crippen MR) is 130 cm³/mol. The van der Waals surface area contributed by atoms with E-state index < -0.39 is 23.7 Å². The van der Waals surface area contributed by atoms with Crippen LogP contribution in [0, 0.1) is 17.2 Å². The normalized spacial score (nSPS) is 17.7. The largest absolute Gasteiger partial charge is 0.468 e. The van der Waals surface area contributed by atoms with Gasteiger partial charge in [0, 0.05) is 16.1 Å². The number of allylic oxidation sites excluding steroid dienone is 1. The van der Waals surface area contributed by atoms with Gasteiger partial charge in [-0.1, -0.05) is 64.9 Å². The number of methoxy groups -OCH3 is 1. The maximum absolute atomic E-state index is 12.9. The minimum absolute atomic E-state index is 0.0209. The van der Waals surface area contributed by atoms with E-state index in [4.69, 9.17) is 4.74 Å². The molecular weight excluding hydrogens is 506 g/mol. The molecule has 1 heterocycles. The Kier molecular flexibility index (Phi) is 8.31. The summed E-state index contributed by atoms with van der Waals surface area (Å²) in [5.74, 6) is -3.65. The van der Waals surface area contributed by atoms with Crippen molar-refractivity contribution in [3.8, 4) is 6.07 Å². The number of anilines is 1. The number of benzene rings is 2. The van der Waals surface area contributed by atoms with Gasteiger partial charge in [-0.25, -0.2) is 0 Å². The molecule has 0 radical (unpaired) electrons. The van der Waals surface area contributed by atoms with E-state index in [9.17, 15) is 19.6 Å². The monoisotopic (exact) mass is 527 g/mol. The number of hydrogen-bond acceptors (Lipinski definition) is 6. The van der Waals surface area contributed by atoms with Gasteiger partial charge in [-0.2, -0.15) is 5.26 Å². The molecule has 0 fully saturated rings. The molecule has 2 amide bonds. The molecule has 2 aromatic rings. The standard InChI is InChI=1S/C24H22BrN3O4S/c1-3-14-7-4-5-10-18(14)27-19(29)13-33-23-17(12-26)20(15-8-6-9-16(25)11-15)21(22(30)28-23)24(31)32-2/h4-11,20-21H,3,13H2,1-2H3,(H,27,29)(H,28,30)/t20-,21+/m1/s1. The molecule has 0 bridgehead atoms. The summed E-state index contributed by atoms with van der Waals surface area (Å²) in [5, 5.41) is 15.7. The summed E-state index contributed by atoms with van der Waals surface area (Å²) in [7, 11) is 1.20. The Morgan fingerprint density at radius 1 is 1.24 bits per heavy atom. The van der Waals surface area contributed by atoms with Gasteiger partial charge in [-0.15, -0.1) is 0 Å². The van der Waals surface area contributed by atoms with Gasteiger partial charge in [-0.05, 0) is 35.7 Å². The molecule has 9 heteroatoms. The maximum atomic E-state index is 12.9. The highest BCUT2D eigenvalue weighted by atomic mass is 79.9. The lowest BCUT2D eigenvalue weighted by molar-refractivity contribution is -0.150. The number of nitriles is 1. The van der Waals surface area contributed by atoms with Crippen LogP contribution in [0.25, 0.3) is 0 Å². The van der Waals surface area contributed by atoms with E-state index in [2.05, 4.69) is 32.6 Å². The number of halogens is 1. The molecule has 7 nitrogen and oxygen atoms in total. The SMILES string of the molecule is CCc1ccccc1NC(=O)CSC1=C(C#N)[C@@H](c2cccc(Br)c2)[C@H](C(=O)OC)C(=O)N1. The molecule has 2 N–H and O–H groups in total. The van der Waals surface area contributed by atoms with Crippen molar-refractivity contribution < 1.29 is 19.1 Å². The molecule has 2 aromatic carbocycles. The van der Waals surface area contributed by atoms with Crippen LogP contribution in [-0.2, 0) is 25.5 Å². The zero-order valence-electron chi connectivity index (χ0n) is 18.1. The third-order valence-electron chi connectivity index (χ3n) is 5.21. The van der Waals surface area contributed by atoms with Crippen molar-refractivity contribution in [1.29, 1.82) is 5.26 Å². The lowest BCUT2D eigenvalue weighted by atomic mass is 9.78. The summed E-state index contributed by atoms with van der Waals surface area (Å²) in [6, 6.07) is 16.7. The number of thioether (sulfide) groups is 1. The third kappa shape index (κ3) is 5.64. The minimum Gasteiger partial charge on any atom is -0.468 e. The van der Waals surface area contributed by atoms with Gasteiger partial charge in [-0.3, -0.25) is 14.4 Å². The molecule has 0 aliphatic carbocycles. The van der Waals surface area contributed by atoms with Crippen molar-refractivity contribution in [3.05, 3.63) is 74.7 Å². The second-order valence-electron chi connectivity index (χ2n) is 7.22. The Morgan fingerprint density at radius 2 is 2.00 bits per heavy atom. The molecule has 0 unspecified atom stereocenters. The van der Waals surface area contributed by atoms with Crippen LogP contribution in [0.1, 0.15) is 24.0 Å². The number of rotatable bonds is 7. The number of ether oxygens (including phenoxy) is 1. The Balaban J connectivity index is 1.89. The second-order valence-corrected chi connectivity index (χ2v) is 9.13. The number of nitrogens with zero attached hydrogens (tertiary/aromatic N) is 1. The maximum Gasteiger partial charge on any atom is 0.319 e. The van der Waals surface area contributed by atoms with Crippen molar-refractivity contribution in [2.75, 3.05) is 18.2 Å². The number of hydrogen-bond donors (Lipinski definition) is 2. The van der Waals surface area contributed by atoms with Crippen LogP contribution in [0.4, 0.5) is 5.69 Å². The van der Waals surface area contributed by atoms with Crippen LogP contribution in [0.15, 0.2) is 63.6 Å². The summed E-state index contributed by atoms with van der Waals surface area (Å²) >= 11 is 4.44. The highest BCUT2D eigenvalue weighted by molar-refractivity contribution is 9.10. The van der Waals surface area contributed by atoms with Crippen LogP contribution < -0.4 is 10.6 Å². The lowest BCUT2D eigenvalue weighted by Gasteiger charge is -2.31. The molecule has 1 aliphatic rings. The fourth-order valence-electron chi connectivity index (χ4n) is 3.65. The summed E-state index contributed by atoms with van der Waals surface area (Å²) in [4.78, 5) is 37.9. The summed E-state index contributed by atoms with van der Waals surface area (Å²) in [5.41, 5.74) is 2.56. The molecule has 0 spiro atoms. The topological polar surface area (TPSA) is 108 Å². The van der Waals surface area contributed by atoms with Gasteiger partial charge in [0.25, 0.3) is 0 Å². The van der Waals surface area contributed by atoms with E-state index in [1.807, 2.05) is 37.3 Å². The fourth-order valence-corrected chi connectivity index (χ4v) is 4.92. The van der Waals surface area contributed by atoms with Crippen LogP contribution in [0.2, 0.25) is 0 Å². The third-order valence-corrected chi connectivity index (χ3v) is 6.72. The first-order chi connectivity index (χ1) is 15.9. The molecule has 0 saturated heterocycles. The summed E-state index contributed by atoms with van der Waals surface area (Å²) < 4.78 is 5.59. The number of carbonyl (C=O) groups excluding carboxylic acids is 3. The van der Waals surface area contributed by atoms with E-state index in [0.29, 0.717) is 5.56 Å². The van der Waals surface area contributed by atoms with Gasteiger partial charge >= 0.3 is 5.97 Å². The van der Waals surface area contributed by atoms with Crippen molar-refractivity contribution in [2.24, 2.45) is 5.92 Å². The van der Waals surface area contributed by atoms with Crippen molar-refractivity contribution in [3.63, 3.8) is 0 Å². The first-order valence-corrected chi connectivity index (χ1v) is 12.0. The average Bonchev–Trinajstić information content (AvgIpc) is 2.82. The van der Waals surface area contributed by atoms with E-state index in [1.165, 1.54) is 7.11 Å². The van der Waals surface area contributed by atoms with E-state index in [1.54, 1.807) is 18.2 Å². The zero-order valence-corrected chi connectivity index (χ0v) is 20.5. The van der Waals surface area contributed by atoms with Gasteiger partial charge in [0.2, 0.25) is 11.8 Å². The number of nitrogens with one attached hydrogen (secondary N) is 2. The quantitative estimate of drug-likeness (QED) is 0.414. The Labute approximate surface area is 204 Å². The molecule has 0 saturated carbocycles. The average molecular weight is 528 g/mol. The zero-order chi connectivity index (χ0) is 24.0. The van der Waals surface area contributed by atoms with Gasteiger partial charge < -0.3 is 15.4 Å². The van der Waals surface area contributed by atoms with E-state index in [0.717, 1.165) is 33.9 Å². The van der Waals surface area contributed by atoms with Crippen molar-refractivity contribution in [2.45, 2.75) is 19.3 Å². The highest BCUT2D eigenvalue weighted by Crippen LogP contribution is 2.40. The molecule has 2 atom stereocenters. The molecule has 33 heavy (non-hydrogen) atoms. The fraction of sp³-hybridized carbons (Fsp3) is 0.250. The summed E-state index contributed by atoms with van der Waals surface area (Å²) in [6.07, 6.45) is 0.770. The first kappa shape index (κ1) is 24.6. The smallest absolute Gasteiger partial charge is 0.319 e. The highest BCUT2D eigenvalue weighted by Gasteiger charge is 2.44. The van der Waals surface area contributed by atoms with Crippen molar-refractivity contribution >= 4 is 51.2 Å². The van der Waals surface area contributed by atoms with Crippen LogP contribution in [0.5, 0.6) is 0 Å². The number of esters is 1. The molecular formula is C24H22BrN3O4S. The second kappa shape index (κ2) is 11.2. The number of aryl methyl sites for hydroxylation is 1. The Bertz CT molecular complexity index is 1160.